The molecule has 0 atom stereocenters. The van der Waals surface area contributed by atoms with Crippen LogP contribution < -0.4 is 10.5 Å². The van der Waals surface area contributed by atoms with Crippen LogP contribution in [0.4, 0.5) is 5.69 Å². The molecule has 1 aromatic carbocycles. The van der Waals surface area contributed by atoms with Gasteiger partial charge in [-0.2, -0.15) is 5.10 Å². The lowest BCUT2D eigenvalue weighted by Gasteiger charge is -2.14. The van der Waals surface area contributed by atoms with Gasteiger partial charge in [0.25, 0.3) is 0 Å². The van der Waals surface area contributed by atoms with Crippen LogP contribution in [0.3, 0.4) is 0 Å². The van der Waals surface area contributed by atoms with Crippen molar-refractivity contribution in [1.82, 2.24) is 14.8 Å². The quantitative estimate of drug-likeness (QED) is 0.858. The summed E-state index contributed by atoms with van der Waals surface area (Å²) in [5.74, 6) is 1.53. The van der Waals surface area contributed by atoms with Gasteiger partial charge in [0.2, 0.25) is 0 Å². The second-order valence-corrected chi connectivity index (χ2v) is 5.00. The van der Waals surface area contributed by atoms with Crippen LogP contribution in [0.1, 0.15) is 36.8 Å². The Kier molecular flexibility index (Phi) is 3.74. The highest BCUT2D eigenvalue weighted by molar-refractivity contribution is 5.58. The van der Waals surface area contributed by atoms with Crippen molar-refractivity contribution in [3.63, 3.8) is 0 Å². The number of nitrogen functional groups attached to an aromatic ring is 1. The van der Waals surface area contributed by atoms with Gasteiger partial charge in [0.05, 0.1) is 5.69 Å². The van der Waals surface area contributed by atoms with E-state index in [1.165, 1.54) is 0 Å². The number of nitrogens with two attached hydrogens (primary N) is 1. The Balaban J connectivity index is 2.17. The first kappa shape index (κ1) is 13.4. The predicted octanol–water partition coefficient (Wildman–Crippen LogP) is 2.64. The van der Waals surface area contributed by atoms with Crippen LogP contribution in [0.25, 0.3) is 0 Å². The zero-order chi connectivity index (χ0) is 14.0. The molecule has 0 spiro atoms. The fourth-order valence-electron chi connectivity index (χ4n) is 2.13. The van der Waals surface area contributed by atoms with E-state index in [0.717, 1.165) is 22.7 Å². The number of hydrogen-bond acceptors (Lipinski definition) is 4. The maximum Gasteiger partial charge on any atom is 0.165 e. The molecule has 0 fully saturated rings. The zero-order valence-electron chi connectivity index (χ0n) is 11.8. The molecule has 0 bridgehead atoms. The molecule has 0 saturated carbocycles. The van der Waals surface area contributed by atoms with E-state index in [1.807, 2.05) is 24.6 Å². The summed E-state index contributed by atoms with van der Waals surface area (Å²) in [6, 6.07) is 4.23. The van der Waals surface area contributed by atoms with Gasteiger partial charge >= 0.3 is 0 Å². The smallest absolute Gasteiger partial charge is 0.165 e. The van der Waals surface area contributed by atoms with E-state index in [1.54, 1.807) is 6.33 Å². The highest BCUT2D eigenvalue weighted by Crippen LogP contribution is 2.28. The molecule has 1 heterocycles. The van der Waals surface area contributed by atoms with Gasteiger partial charge in [-0.05, 0) is 44.9 Å². The topological polar surface area (TPSA) is 66.0 Å². The lowest BCUT2D eigenvalue weighted by atomic mass is 10.1. The van der Waals surface area contributed by atoms with Crippen molar-refractivity contribution < 1.29 is 4.74 Å². The van der Waals surface area contributed by atoms with Gasteiger partial charge in [-0.1, -0.05) is 6.07 Å². The van der Waals surface area contributed by atoms with Crippen LogP contribution in [0.15, 0.2) is 18.5 Å². The van der Waals surface area contributed by atoms with E-state index < -0.39 is 0 Å². The van der Waals surface area contributed by atoms with Crippen molar-refractivity contribution in [2.45, 2.75) is 40.3 Å². The number of benzene rings is 1. The number of hydrogen-bond donors (Lipinski definition) is 1. The average molecular weight is 260 g/mol. The first-order valence-corrected chi connectivity index (χ1v) is 6.37. The molecular weight excluding hydrogens is 240 g/mol. The van der Waals surface area contributed by atoms with Gasteiger partial charge in [-0.15, -0.1) is 0 Å². The lowest BCUT2D eigenvalue weighted by Crippen LogP contribution is -2.11. The fourth-order valence-corrected chi connectivity index (χ4v) is 2.13. The highest BCUT2D eigenvalue weighted by atomic mass is 16.5. The molecule has 0 unspecified atom stereocenters. The van der Waals surface area contributed by atoms with Gasteiger partial charge in [-0.3, -0.25) is 0 Å². The summed E-state index contributed by atoms with van der Waals surface area (Å²) in [6.45, 7) is 8.49. The van der Waals surface area contributed by atoms with Crippen LogP contribution in [0.2, 0.25) is 0 Å². The van der Waals surface area contributed by atoms with E-state index in [2.05, 4.69) is 30.0 Å². The number of rotatable bonds is 4. The number of anilines is 1. The third-order valence-electron chi connectivity index (χ3n) is 2.93. The lowest BCUT2D eigenvalue weighted by molar-refractivity contribution is 0.282. The number of ether oxygens (including phenoxy) is 1. The molecule has 0 aliphatic heterocycles. The minimum absolute atomic E-state index is 0.262. The molecule has 2 aromatic rings. The Morgan fingerprint density at radius 2 is 2.05 bits per heavy atom. The summed E-state index contributed by atoms with van der Waals surface area (Å²) in [7, 11) is 0. The summed E-state index contributed by atoms with van der Waals surface area (Å²) >= 11 is 0. The molecule has 0 saturated heterocycles. The molecule has 0 aliphatic carbocycles. The summed E-state index contributed by atoms with van der Waals surface area (Å²) < 4.78 is 7.66. The number of nitrogens with zero attached hydrogens (tertiary/aromatic N) is 3. The molecule has 0 aliphatic rings. The van der Waals surface area contributed by atoms with Gasteiger partial charge < -0.3 is 10.5 Å². The summed E-state index contributed by atoms with van der Waals surface area (Å²) in [6.07, 6.45) is 1.55. The third-order valence-corrected chi connectivity index (χ3v) is 2.93. The SMILES string of the molecule is Cc1cc(C)c(OCc2ncnn2C(C)C)c(N)c1. The second-order valence-electron chi connectivity index (χ2n) is 5.00. The van der Waals surface area contributed by atoms with Gasteiger partial charge in [0.1, 0.15) is 18.7 Å². The van der Waals surface area contributed by atoms with Crippen molar-refractivity contribution in [3.8, 4) is 5.75 Å². The first-order valence-electron chi connectivity index (χ1n) is 6.37. The zero-order valence-corrected chi connectivity index (χ0v) is 11.8. The molecule has 102 valence electrons. The predicted molar refractivity (Wildman–Crippen MR) is 75.1 cm³/mol. The summed E-state index contributed by atoms with van der Waals surface area (Å²) in [5, 5.41) is 4.18. The van der Waals surface area contributed by atoms with Gasteiger partial charge in [0.15, 0.2) is 5.82 Å². The highest BCUT2D eigenvalue weighted by Gasteiger charge is 2.11. The largest absolute Gasteiger partial charge is 0.483 e. The fraction of sp³-hybridized carbons (Fsp3) is 0.429. The average Bonchev–Trinajstić information content (AvgIpc) is 2.75. The summed E-state index contributed by atoms with van der Waals surface area (Å²) in [4.78, 5) is 4.22. The van der Waals surface area contributed by atoms with Crippen molar-refractivity contribution in [1.29, 1.82) is 0 Å². The maximum absolute atomic E-state index is 5.99. The Hall–Kier alpha value is -2.04. The van der Waals surface area contributed by atoms with E-state index in [9.17, 15) is 0 Å². The standard InChI is InChI=1S/C14H20N4O/c1-9(2)18-13(16-8-17-18)7-19-14-11(4)5-10(3)6-12(14)15/h5-6,8-9H,7,15H2,1-4H3. The molecule has 5 nitrogen and oxygen atoms in total. The second kappa shape index (κ2) is 5.30. The van der Waals surface area contributed by atoms with Crippen molar-refractivity contribution in [2.75, 3.05) is 5.73 Å². The number of aromatic nitrogens is 3. The molecule has 0 radical (unpaired) electrons. The van der Waals surface area contributed by atoms with Crippen LogP contribution in [-0.4, -0.2) is 14.8 Å². The monoisotopic (exact) mass is 260 g/mol. The normalized spacial score (nSPS) is 11.0. The molecule has 2 rings (SSSR count). The molecular formula is C14H20N4O. The van der Waals surface area contributed by atoms with Crippen LogP contribution in [0, 0.1) is 13.8 Å². The Morgan fingerprint density at radius 1 is 1.32 bits per heavy atom. The first-order chi connectivity index (χ1) is 8.99. The van der Waals surface area contributed by atoms with Gasteiger partial charge in [0, 0.05) is 6.04 Å². The molecule has 19 heavy (non-hydrogen) atoms. The Bertz CT molecular complexity index is 552. The Labute approximate surface area is 113 Å². The van der Waals surface area contributed by atoms with Crippen molar-refractivity contribution in [3.05, 3.63) is 35.4 Å². The molecule has 2 N–H and O–H groups in total. The van der Waals surface area contributed by atoms with E-state index in [-0.39, 0.29) is 6.04 Å². The van der Waals surface area contributed by atoms with Crippen LogP contribution in [-0.2, 0) is 6.61 Å². The molecule has 0 amide bonds. The van der Waals surface area contributed by atoms with E-state index in [4.69, 9.17) is 10.5 Å². The maximum atomic E-state index is 5.99. The van der Waals surface area contributed by atoms with Crippen LogP contribution in [0.5, 0.6) is 5.75 Å². The minimum atomic E-state index is 0.262. The van der Waals surface area contributed by atoms with Gasteiger partial charge in [-0.25, -0.2) is 9.67 Å². The minimum Gasteiger partial charge on any atom is -0.483 e. The van der Waals surface area contributed by atoms with Crippen molar-refractivity contribution >= 4 is 5.69 Å². The van der Waals surface area contributed by atoms with E-state index >= 15 is 0 Å². The summed E-state index contributed by atoms with van der Waals surface area (Å²) in [5.41, 5.74) is 8.82. The van der Waals surface area contributed by atoms with E-state index in [0.29, 0.717) is 12.3 Å². The third kappa shape index (κ3) is 2.86. The number of aryl methyl sites for hydroxylation is 2. The molecule has 5 heteroatoms. The Morgan fingerprint density at radius 3 is 2.68 bits per heavy atom. The molecule has 1 aromatic heterocycles. The van der Waals surface area contributed by atoms with Crippen molar-refractivity contribution in [2.24, 2.45) is 0 Å². The van der Waals surface area contributed by atoms with Crippen LogP contribution >= 0.6 is 0 Å².